The van der Waals surface area contributed by atoms with Gasteiger partial charge in [-0.3, -0.25) is 9.13 Å². The molecule has 0 saturated heterocycles. The average Bonchev–Trinajstić information content (AvgIpc) is 3.74. The van der Waals surface area contributed by atoms with Crippen LogP contribution in [0.3, 0.4) is 0 Å². The molecule has 0 aliphatic carbocycles. The lowest BCUT2D eigenvalue weighted by molar-refractivity contribution is 0.957. The number of aromatic nitrogens is 4. The fourth-order valence-electron chi connectivity index (χ4n) is 7.23. The first-order valence-corrected chi connectivity index (χ1v) is 15.3. The highest BCUT2D eigenvalue weighted by Crippen LogP contribution is 2.40. The van der Waals surface area contributed by atoms with Crippen LogP contribution in [0.5, 0.6) is 0 Å². The predicted molar refractivity (Wildman–Crippen MR) is 187 cm³/mol. The van der Waals surface area contributed by atoms with Gasteiger partial charge in [-0.1, -0.05) is 97.1 Å². The lowest BCUT2D eigenvalue weighted by atomic mass is 10.1. The molecule has 0 atom stereocenters. The molecule has 0 fully saturated rings. The largest absolute Gasteiger partial charge is 0.309 e. The van der Waals surface area contributed by atoms with E-state index >= 15 is 0 Å². The molecule has 10 rings (SSSR count). The van der Waals surface area contributed by atoms with Gasteiger partial charge in [0.2, 0.25) is 5.95 Å². The van der Waals surface area contributed by atoms with Crippen molar-refractivity contribution in [3.05, 3.63) is 158 Å². The number of fused-ring (bicyclic) bond motifs is 8. The molecular formula is C41H26N4. The third-order valence-corrected chi connectivity index (χ3v) is 9.21. The molecule has 0 saturated carbocycles. The second kappa shape index (κ2) is 9.18. The second-order valence-corrected chi connectivity index (χ2v) is 11.7. The van der Waals surface area contributed by atoms with Crippen LogP contribution in [-0.2, 0) is 0 Å². The molecule has 0 N–H and O–H groups in total. The van der Waals surface area contributed by atoms with Gasteiger partial charge in [0, 0.05) is 32.9 Å². The van der Waals surface area contributed by atoms with Gasteiger partial charge in [-0.05, 0) is 71.4 Å². The maximum absolute atomic E-state index is 5.33. The van der Waals surface area contributed by atoms with E-state index in [-0.39, 0.29) is 0 Å². The van der Waals surface area contributed by atoms with Crippen molar-refractivity contribution in [3.63, 3.8) is 0 Å². The normalized spacial score (nSPS) is 12.0. The van der Waals surface area contributed by atoms with Gasteiger partial charge < -0.3 is 4.57 Å². The highest BCUT2D eigenvalue weighted by atomic mass is 15.2. The zero-order valence-electron chi connectivity index (χ0n) is 24.3. The minimum Gasteiger partial charge on any atom is -0.309 e. The fraction of sp³-hybridized carbons (Fsp3) is 0. The van der Waals surface area contributed by atoms with Gasteiger partial charge in [0.25, 0.3) is 0 Å². The lowest BCUT2D eigenvalue weighted by Crippen LogP contribution is -2.05. The van der Waals surface area contributed by atoms with E-state index in [0.29, 0.717) is 0 Å². The van der Waals surface area contributed by atoms with Crippen LogP contribution in [0.15, 0.2) is 158 Å². The fourth-order valence-corrected chi connectivity index (χ4v) is 7.23. The molecule has 45 heavy (non-hydrogen) atoms. The molecular weight excluding hydrogens is 548 g/mol. The van der Waals surface area contributed by atoms with Crippen LogP contribution in [-0.4, -0.2) is 18.7 Å². The molecule has 0 bridgehead atoms. The zero-order valence-corrected chi connectivity index (χ0v) is 24.3. The Balaban J connectivity index is 1.36. The summed E-state index contributed by atoms with van der Waals surface area (Å²) in [7, 11) is 0. The summed E-state index contributed by atoms with van der Waals surface area (Å²) < 4.78 is 7.06. The van der Waals surface area contributed by atoms with E-state index in [1.165, 1.54) is 43.4 Å². The summed E-state index contributed by atoms with van der Waals surface area (Å²) in [5.41, 5.74) is 8.95. The summed E-state index contributed by atoms with van der Waals surface area (Å²) >= 11 is 0. The zero-order chi connectivity index (χ0) is 29.5. The third-order valence-electron chi connectivity index (χ3n) is 9.21. The molecule has 4 nitrogen and oxygen atoms in total. The Bertz CT molecular complexity index is 2760. The SMILES string of the molecule is c1ccc(-n2c3ccccc3c3cc4c(cc32)c2ccccc2n4-c2nc3ccccc3n2-c2ccc3ccccc3c2)cc1. The van der Waals surface area contributed by atoms with Crippen LogP contribution in [0.25, 0.3) is 82.7 Å². The van der Waals surface area contributed by atoms with Gasteiger partial charge in [0.05, 0.1) is 33.1 Å². The summed E-state index contributed by atoms with van der Waals surface area (Å²) in [6, 6.07) is 56.5. The molecule has 0 spiro atoms. The summed E-state index contributed by atoms with van der Waals surface area (Å²) in [4.78, 5) is 5.33. The Morgan fingerprint density at radius 2 is 0.911 bits per heavy atom. The summed E-state index contributed by atoms with van der Waals surface area (Å²) in [6.45, 7) is 0. The first-order valence-electron chi connectivity index (χ1n) is 15.3. The van der Waals surface area contributed by atoms with Crippen molar-refractivity contribution >= 4 is 65.4 Å². The van der Waals surface area contributed by atoms with Crippen molar-refractivity contribution in [2.45, 2.75) is 0 Å². The van der Waals surface area contributed by atoms with Crippen molar-refractivity contribution in [2.75, 3.05) is 0 Å². The van der Waals surface area contributed by atoms with Crippen molar-refractivity contribution in [2.24, 2.45) is 0 Å². The molecule has 10 aromatic rings. The molecule has 7 aromatic carbocycles. The van der Waals surface area contributed by atoms with E-state index in [9.17, 15) is 0 Å². The summed E-state index contributed by atoms with van der Waals surface area (Å²) in [5.74, 6) is 0.879. The quantitative estimate of drug-likeness (QED) is 0.206. The minimum atomic E-state index is 0.879. The van der Waals surface area contributed by atoms with Crippen molar-refractivity contribution in [1.29, 1.82) is 0 Å². The number of rotatable bonds is 3. The minimum absolute atomic E-state index is 0.879. The second-order valence-electron chi connectivity index (χ2n) is 11.7. The maximum Gasteiger partial charge on any atom is 0.220 e. The van der Waals surface area contributed by atoms with E-state index in [1.54, 1.807) is 0 Å². The van der Waals surface area contributed by atoms with Crippen LogP contribution < -0.4 is 0 Å². The summed E-state index contributed by atoms with van der Waals surface area (Å²) in [5, 5.41) is 7.29. The van der Waals surface area contributed by atoms with E-state index in [4.69, 9.17) is 4.98 Å². The topological polar surface area (TPSA) is 27.7 Å². The van der Waals surface area contributed by atoms with Crippen LogP contribution in [0.4, 0.5) is 0 Å². The molecule has 0 amide bonds. The predicted octanol–water partition coefficient (Wildman–Crippen LogP) is 10.4. The van der Waals surface area contributed by atoms with Crippen LogP contribution in [0, 0.1) is 0 Å². The molecule has 0 aliphatic rings. The van der Waals surface area contributed by atoms with Crippen LogP contribution in [0.2, 0.25) is 0 Å². The number of imidazole rings is 1. The summed E-state index contributed by atoms with van der Waals surface area (Å²) in [6.07, 6.45) is 0. The average molecular weight is 575 g/mol. The molecule has 210 valence electrons. The molecule has 0 unspecified atom stereocenters. The molecule has 0 aliphatic heterocycles. The van der Waals surface area contributed by atoms with Gasteiger partial charge in [-0.25, -0.2) is 4.98 Å². The number of para-hydroxylation sites is 5. The number of nitrogens with zero attached hydrogens (tertiary/aromatic N) is 4. The molecule has 3 heterocycles. The van der Waals surface area contributed by atoms with Crippen molar-refractivity contribution < 1.29 is 0 Å². The molecule has 4 heteroatoms. The smallest absolute Gasteiger partial charge is 0.220 e. The Morgan fingerprint density at radius 1 is 0.333 bits per heavy atom. The van der Waals surface area contributed by atoms with E-state index in [2.05, 4.69) is 171 Å². The Hall–Kier alpha value is -6.13. The monoisotopic (exact) mass is 574 g/mol. The van der Waals surface area contributed by atoms with E-state index in [1.807, 2.05) is 0 Å². The number of hydrogen-bond acceptors (Lipinski definition) is 1. The van der Waals surface area contributed by atoms with Crippen LogP contribution in [0.1, 0.15) is 0 Å². The van der Waals surface area contributed by atoms with Gasteiger partial charge in [-0.15, -0.1) is 0 Å². The highest BCUT2D eigenvalue weighted by Gasteiger charge is 2.22. The first kappa shape index (κ1) is 24.3. The van der Waals surface area contributed by atoms with Gasteiger partial charge >= 0.3 is 0 Å². The highest BCUT2D eigenvalue weighted by molar-refractivity contribution is 6.19. The standard InChI is InChI=1S/C41H26N4/c1-2-14-29(15-3-1)43-36-19-9-6-16-31(36)33-26-40-34(25-39(33)43)32-17-7-10-20-37(32)45(40)41-42-35-18-8-11-21-38(35)44(41)30-23-22-27-12-4-5-13-28(27)24-30/h1-26H. The van der Waals surface area contributed by atoms with Crippen LogP contribution >= 0.6 is 0 Å². The van der Waals surface area contributed by atoms with Crippen molar-refractivity contribution in [1.82, 2.24) is 18.7 Å². The van der Waals surface area contributed by atoms with E-state index in [0.717, 1.165) is 39.4 Å². The Labute approximate surface area is 258 Å². The molecule has 0 radical (unpaired) electrons. The Kier molecular flexibility index (Phi) is 4.96. The lowest BCUT2D eigenvalue weighted by Gasteiger charge is -2.13. The van der Waals surface area contributed by atoms with E-state index < -0.39 is 0 Å². The van der Waals surface area contributed by atoms with Gasteiger partial charge in [0.1, 0.15) is 0 Å². The third kappa shape index (κ3) is 3.45. The first-order chi connectivity index (χ1) is 22.3. The number of benzene rings is 7. The van der Waals surface area contributed by atoms with Gasteiger partial charge in [0.15, 0.2) is 0 Å². The maximum atomic E-state index is 5.33. The molecule has 3 aromatic heterocycles. The van der Waals surface area contributed by atoms with Crippen molar-refractivity contribution in [3.8, 4) is 17.3 Å². The number of hydrogen-bond donors (Lipinski definition) is 0. The Morgan fingerprint density at radius 3 is 1.67 bits per heavy atom. The van der Waals surface area contributed by atoms with Gasteiger partial charge in [-0.2, -0.15) is 0 Å².